The summed E-state index contributed by atoms with van der Waals surface area (Å²) < 4.78 is 0. The fraction of sp³-hybridized carbons (Fsp3) is 0.500. The Morgan fingerprint density at radius 2 is 2.14 bits per heavy atom. The van der Waals surface area contributed by atoms with Gasteiger partial charge in [-0.15, -0.1) is 0 Å². The average molecular weight is 283 g/mol. The molecule has 0 radical (unpaired) electrons. The van der Waals surface area contributed by atoms with Crippen molar-refractivity contribution in [1.82, 2.24) is 0 Å². The number of carbonyl (C=O) groups excluding carboxylic acids is 1. The Bertz CT molecular complexity index is 601. The molecule has 2 fully saturated rings. The highest BCUT2D eigenvalue weighted by molar-refractivity contribution is 5.95. The number of fused-ring (bicyclic) bond motifs is 1. The van der Waals surface area contributed by atoms with E-state index in [1.165, 1.54) is 19.3 Å². The first kappa shape index (κ1) is 14.2. The monoisotopic (exact) mass is 283 g/mol. The molecule has 3 nitrogen and oxygen atoms in total. The molecule has 3 heteroatoms. The Balaban J connectivity index is 1.63. The first-order valence-electron chi connectivity index (χ1n) is 7.72. The largest absolute Gasteiger partial charge is 0.395 e. The second-order valence-corrected chi connectivity index (χ2v) is 6.08. The second kappa shape index (κ2) is 5.91. The summed E-state index contributed by atoms with van der Waals surface area (Å²) in [6.07, 6.45) is 4.23. The molecule has 2 aliphatic rings. The molecule has 110 valence electrons. The fourth-order valence-corrected chi connectivity index (χ4v) is 3.53. The number of hydrogen-bond donors (Lipinski definition) is 2. The molecule has 1 aromatic rings. The summed E-state index contributed by atoms with van der Waals surface area (Å²) in [5, 5.41) is 11.8. The highest BCUT2D eigenvalue weighted by atomic mass is 16.2. The minimum atomic E-state index is 0.0872. The van der Waals surface area contributed by atoms with Crippen LogP contribution >= 0.6 is 0 Å². The van der Waals surface area contributed by atoms with Crippen LogP contribution in [0.4, 0.5) is 5.69 Å². The van der Waals surface area contributed by atoms with Crippen molar-refractivity contribution in [2.45, 2.75) is 32.6 Å². The Kier molecular flexibility index (Phi) is 3.98. The number of rotatable bonds is 3. The normalized spacial score (nSPS) is 25.7. The van der Waals surface area contributed by atoms with Gasteiger partial charge >= 0.3 is 0 Å². The Labute approximate surface area is 125 Å². The molecule has 0 saturated heterocycles. The molecule has 0 heterocycles. The van der Waals surface area contributed by atoms with Crippen LogP contribution in [0.25, 0.3) is 0 Å². The van der Waals surface area contributed by atoms with Crippen LogP contribution in [0.3, 0.4) is 0 Å². The first-order chi connectivity index (χ1) is 10.2. The van der Waals surface area contributed by atoms with Gasteiger partial charge in [0.15, 0.2) is 0 Å². The van der Waals surface area contributed by atoms with E-state index < -0.39 is 0 Å². The van der Waals surface area contributed by atoms with Crippen LogP contribution < -0.4 is 5.32 Å². The number of benzene rings is 1. The van der Waals surface area contributed by atoms with Gasteiger partial charge in [0.25, 0.3) is 0 Å². The van der Waals surface area contributed by atoms with E-state index in [0.717, 1.165) is 16.8 Å². The molecule has 0 aliphatic heterocycles. The molecule has 2 aliphatic carbocycles. The summed E-state index contributed by atoms with van der Waals surface area (Å²) in [6, 6.07) is 5.81. The van der Waals surface area contributed by atoms with Gasteiger partial charge in [-0.25, -0.2) is 0 Å². The molecule has 2 unspecified atom stereocenters. The molecule has 2 saturated carbocycles. The van der Waals surface area contributed by atoms with E-state index in [0.29, 0.717) is 18.3 Å². The van der Waals surface area contributed by atoms with Crippen LogP contribution in [0.1, 0.15) is 36.8 Å². The van der Waals surface area contributed by atoms with Gasteiger partial charge in [-0.1, -0.05) is 18.3 Å². The van der Waals surface area contributed by atoms with Crippen molar-refractivity contribution < 1.29 is 9.90 Å². The smallest absolute Gasteiger partial charge is 0.228 e. The average Bonchev–Trinajstić information content (AvgIpc) is 2.95. The summed E-state index contributed by atoms with van der Waals surface area (Å²) in [5.74, 6) is 7.69. The van der Waals surface area contributed by atoms with Crippen molar-refractivity contribution in [3.8, 4) is 11.8 Å². The molecule has 21 heavy (non-hydrogen) atoms. The van der Waals surface area contributed by atoms with Crippen molar-refractivity contribution in [3.63, 3.8) is 0 Å². The van der Waals surface area contributed by atoms with E-state index in [-0.39, 0.29) is 18.4 Å². The lowest BCUT2D eigenvalue weighted by molar-refractivity contribution is -0.118. The highest BCUT2D eigenvalue weighted by Crippen LogP contribution is 2.57. The number of aliphatic hydroxyl groups is 1. The molecule has 1 amide bonds. The predicted molar refractivity (Wildman–Crippen MR) is 82.7 cm³/mol. The lowest BCUT2D eigenvalue weighted by Crippen LogP contribution is -2.16. The molecule has 0 spiro atoms. The molecule has 0 aromatic heterocycles. The molecule has 3 rings (SSSR count). The van der Waals surface area contributed by atoms with Crippen molar-refractivity contribution in [3.05, 3.63) is 29.3 Å². The van der Waals surface area contributed by atoms with E-state index in [1.807, 2.05) is 25.1 Å². The number of amides is 1. The van der Waals surface area contributed by atoms with Gasteiger partial charge in [0.1, 0.15) is 0 Å². The van der Waals surface area contributed by atoms with Crippen LogP contribution in [-0.2, 0) is 4.79 Å². The van der Waals surface area contributed by atoms with Gasteiger partial charge in [0.05, 0.1) is 6.61 Å². The number of hydrogen-bond acceptors (Lipinski definition) is 2. The highest BCUT2D eigenvalue weighted by Gasteiger charge is 2.56. The quantitative estimate of drug-likeness (QED) is 0.838. The molecular weight excluding hydrogens is 262 g/mol. The minimum Gasteiger partial charge on any atom is -0.395 e. The third-order valence-electron chi connectivity index (χ3n) is 4.66. The van der Waals surface area contributed by atoms with Gasteiger partial charge in [0.2, 0.25) is 5.91 Å². The van der Waals surface area contributed by atoms with E-state index in [9.17, 15) is 4.79 Å². The van der Waals surface area contributed by atoms with Crippen molar-refractivity contribution in [1.29, 1.82) is 0 Å². The van der Waals surface area contributed by atoms with Gasteiger partial charge in [-0.05, 0) is 55.4 Å². The van der Waals surface area contributed by atoms with Gasteiger partial charge in [0, 0.05) is 23.6 Å². The maximum atomic E-state index is 12.2. The van der Waals surface area contributed by atoms with Crippen molar-refractivity contribution in [2.75, 3.05) is 11.9 Å². The summed E-state index contributed by atoms with van der Waals surface area (Å²) in [4.78, 5) is 12.2. The Hall–Kier alpha value is -1.79. The zero-order valence-electron chi connectivity index (χ0n) is 12.4. The van der Waals surface area contributed by atoms with Crippen LogP contribution in [-0.4, -0.2) is 17.6 Å². The van der Waals surface area contributed by atoms with Gasteiger partial charge in [-0.3, -0.25) is 4.79 Å². The van der Waals surface area contributed by atoms with E-state index >= 15 is 0 Å². The van der Waals surface area contributed by atoms with Crippen LogP contribution in [0, 0.1) is 36.5 Å². The number of aliphatic hydroxyl groups excluding tert-OH is 1. The molecule has 0 bridgehead atoms. The van der Waals surface area contributed by atoms with E-state index in [2.05, 4.69) is 17.2 Å². The predicted octanol–water partition coefficient (Wildman–Crippen LogP) is 2.71. The summed E-state index contributed by atoms with van der Waals surface area (Å²) in [5.41, 5.74) is 2.86. The number of carbonyl (C=O) groups is 1. The third kappa shape index (κ3) is 2.96. The Morgan fingerprint density at radius 3 is 2.81 bits per heavy atom. The summed E-state index contributed by atoms with van der Waals surface area (Å²) >= 11 is 0. The Morgan fingerprint density at radius 1 is 1.38 bits per heavy atom. The standard InChI is InChI=1S/C18H21NO2/c1-12-11-14(9-8-13(12)5-2-3-10-20)19-18(21)17-15-6-4-7-16(15)17/h8-9,11,15-17,20H,3-4,6-7,10H2,1H3,(H,19,21). The van der Waals surface area contributed by atoms with Crippen LogP contribution in [0.5, 0.6) is 0 Å². The fourth-order valence-electron chi connectivity index (χ4n) is 3.53. The lowest BCUT2D eigenvalue weighted by atomic mass is 10.1. The number of nitrogens with one attached hydrogen (secondary N) is 1. The maximum Gasteiger partial charge on any atom is 0.228 e. The van der Waals surface area contributed by atoms with Crippen LogP contribution in [0.2, 0.25) is 0 Å². The third-order valence-corrected chi connectivity index (χ3v) is 4.66. The van der Waals surface area contributed by atoms with Crippen molar-refractivity contribution in [2.24, 2.45) is 17.8 Å². The zero-order valence-corrected chi connectivity index (χ0v) is 12.4. The minimum absolute atomic E-state index is 0.0872. The number of aryl methyl sites for hydroxylation is 1. The zero-order chi connectivity index (χ0) is 14.8. The van der Waals surface area contributed by atoms with Gasteiger partial charge in [-0.2, -0.15) is 0 Å². The summed E-state index contributed by atoms with van der Waals surface area (Å²) in [7, 11) is 0. The topological polar surface area (TPSA) is 49.3 Å². The molecule has 2 atom stereocenters. The SMILES string of the molecule is Cc1cc(NC(=O)C2C3CCCC32)ccc1C#CCCO. The van der Waals surface area contributed by atoms with E-state index in [4.69, 9.17) is 5.11 Å². The van der Waals surface area contributed by atoms with Crippen molar-refractivity contribution >= 4 is 11.6 Å². The molecular formula is C18H21NO2. The molecule has 1 aromatic carbocycles. The maximum absolute atomic E-state index is 12.2. The second-order valence-electron chi connectivity index (χ2n) is 6.08. The lowest BCUT2D eigenvalue weighted by Gasteiger charge is -2.08. The first-order valence-corrected chi connectivity index (χ1v) is 7.72. The number of anilines is 1. The van der Waals surface area contributed by atoms with E-state index in [1.54, 1.807) is 0 Å². The molecule has 2 N–H and O–H groups in total. The van der Waals surface area contributed by atoms with Gasteiger partial charge < -0.3 is 10.4 Å². The summed E-state index contributed by atoms with van der Waals surface area (Å²) in [6.45, 7) is 2.08. The van der Waals surface area contributed by atoms with Crippen LogP contribution in [0.15, 0.2) is 18.2 Å².